The molecule has 0 unspecified atom stereocenters. The van der Waals surface area contributed by atoms with E-state index in [4.69, 9.17) is 4.74 Å². The first-order valence-corrected chi connectivity index (χ1v) is 6.28. The number of rotatable bonds is 2. The molecule has 88 valence electrons. The van der Waals surface area contributed by atoms with E-state index < -0.39 is 0 Å². The molecule has 1 saturated heterocycles. The van der Waals surface area contributed by atoms with Crippen molar-refractivity contribution in [1.29, 1.82) is 0 Å². The molecule has 0 bridgehead atoms. The van der Waals surface area contributed by atoms with Gasteiger partial charge < -0.3 is 15.2 Å². The monoisotopic (exact) mass is 285 g/mol. The number of methoxy groups -OCH3 is 1. The summed E-state index contributed by atoms with van der Waals surface area (Å²) in [4.78, 5) is 0. The maximum Gasteiger partial charge on any atom is 0.161 e. The zero-order valence-corrected chi connectivity index (χ0v) is 10.9. The fraction of sp³-hybridized carbons (Fsp3) is 0.500. The molecule has 0 saturated carbocycles. The molecule has 1 aliphatic heterocycles. The Hall–Kier alpha value is -0.740. The third kappa shape index (κ3) is 2.33. The van der Waals surface area contributed by atoms with E-state index in [-0.39, 0.29) is 5.75 Å². The average molecular weight is 286 g/mol. The number of phenolic OH excluding ortho intramolecular Hbond substituents is 1. The van der Waals surface area contributed by atoms with Gasteiger partial charge in [-0.25, -0.2) is 0 Å². The quantitative estimate of drug-likeness (QED) is 0.878. The molecule has 4 heteroatoms. The molecule has 0 aliphatic carbocycles. The van der Waals surface area contributed by atoms with Crippen LogP contribution >= 0.6 is 15.9 Å². The summed E-state index contributed by atoms with van der Waals surface area (Å²) in [6.07, 6.45) is 2.13. The van der Waals surface area contributed by atoms with Crippen LogP contribution in [0, 0.1) is 0 Å². The van der Waals surface area contributed by atoms with Crippen LogP contribution in [0.25, 0.3) is 0 Å². The lowest BCUT2D eigenvalue weighted by atomic mass is 9.89. The highest BCUT2D eigenvalue weighted by Gasteiger charge is 2.21. The van der Waals surface area contributed by atoms with Gasteiger partial charge in [-0.05, 0) is 44.0 Å². The molecule has 1 fully saturated rings. The molecular weight excluding hydrogens is 270 g/mol. The molecule has 0 radical (unpaired) electrons. The molecule has 16 heavy (non-hydrogen) atoms. The summed E-state index contributed by atoms with van der Waals surface area (Å²) < 4.78 is 6.12. The molecular formula is C12H16BrNO2. The Morgan fingerprint density at radius 1 is 1.38 bits per heavy atom. The van der Waals surface area contributed by atoms with Crippen LogP contribution in [-0.2, 0) is 0 Å². The van der Waals surface area contributed by atoms with E-state index in [9.17, 15) is 5.11 Å². The van der Waals surface area contributed by atoms with Crippen LogP contribution in [0.4, 0.5) is 0 Å². The van der Waals surface area contributed by atoms with Crippen molar-refractivity contribution < 1.29 is 9.84 Å². The largest absolute Gasteiger partial charge is 0.504 e. The SMILES string of the molecule is COc1cc(Br)cc(C2CCNCC2)c1O. The zero-order chi connectivity index (χ0) is 11.5. The normalized spacial score (nSPS) is 17.4. The number of hydrogen-bond donors (Lipinski definition) is 2. The van der Waals surface area contributed by atoms with E-state index in [1.165, 1.54) is 0 Å². The van der Waals surface area contributed by atoms with Gasteiger partial charge in [0.2, 0.25) is 0 Å². The lowest BCUT2D eigenvalue weighted by Gasteiger charge is -2.24. The van der Waals surface area contributed by atoms with Crippen LogP contribution in [0.2, 0.25) is 0 Å². The van der Waals surface area contributed by atoms with Crippen molar-refractivity contribution in [2.75, 3.05) is 20.2 Å². The second kappa shape index (κ2) is 5.06. The first kappa shape index (κ1) is 11.7. The van der Waals surface area contributed by atoms with Crippen molar-refractivity contribution in [1.82, 2.24) is 5.32 Å². The Morgan fingerprint density at radius 3 is 2.69 bits per heavy atom. The predicted octanol–water partition coefficient (Wildman–Crippen LogP) is 2.63. The zero-order valence-electron chi connectivity index (χ0n) is 9.29. The van der Waals surface area contributed by atoms with Crippen molar-refractivity contribution >= 4 is 15.9 Å². The van der Waals surface area contributed by atoms with Crippen molar-refractivity contribution in [2.45, 2.75) is 18.8 Å². The Labute approximate surface area is 104 Å². The Kier molecular flexibility index (Phi) is 3.71. The van der Waals surface area contributed by atoms with Crippen LogP contribution in [0.5, 0.6) is 11.5 Å². The lowest BCUT2D eigenvalue weighted by molar-refractivity contribution is 0.362. The summed E-state index contributed by atoms with van der Waals surface area (Å²) in [7, 11) is 1.58. The molecule has 3 nitrogen and oxygen atoms in total. The molecule has 2 N–H and O–H groups in total. The van der Waals surface area contributed by atoms with Crippen molar-refractivity contribution in [3.8, 4) is 11.5 Å². The number of halogens is 1. The first-order chi connectivity index (χ1) is 7.72. The predicted molar refractivity (Wildman–Crippen MR) is 67.2 cm³/mol. The minimum Gasteiger partial charge on any atom is -0.504 e. The molecule has 1 aromatic rings. The van der Waals surface area contributed by atoms with Gasteiger partial charge in [-0.2, -0.15) is 0 Å². The number of ether oxygens (including phenoxy) is 1. The number of piperidine rings is 1. The van der Waals surface area contributed by atoms with Crippen LogP contribution in [0.15, 0.2) is 16.6 Å². The summed E-state index contributed by atoms with van der Waals surface area (Å²) in [6, 6.07) is 3.79. The summed E-state index contributed by atoms with van der Waals surface area (Å²) in [5, 5.41) is 13.4. The van der Waals surface area contributed by atoms with Crippen molar-refractivity contribution in [3.05, 3.63) is 22.2 Å². The molecule has 0 spiro atoms. The third-order valence-corrected chi connectivity index (χ3v) is 3.53. The Balaban J connectivity index is 2.34. The fourth-order valence-electron chi connectivity index (χ4n) is 2.19. The van der Waals surface area contributed by atoms with E-state index in [2.05, 4.69) is 21.2 Å². The number of aromatic hydroxyl groups is 1. The molecule has 0 aromatic heterocycles. The number of benzene rings is 1. The average Bonchev–Trinajstić information content (AvgIpc) is 2.33. The minimum atomic E-state index is 0.289. The highest BCUT2D eigenvalue weighted by molar-refractivity contribution is 9.10. The fourth-order valence-corrected chi connectivity index (χ4v) is 2.65. The van der Waals surface area contributed by atoms with Crippen LogP contribution in [-0.4, -0.2) is 25.3 Å². The van der Waals surface area contributed by atoms with Crippen LogP contribution in [0.1, 0.15) is 24.3 Å². The van der Waals surface area contributed by atoms with E-state index in [0.29, 0.717) is 11.7 Å². The first-order valence-electron chi connectivity index (χ1n) is 5.49. The number of hydrogen-bond acceptors (Lipinski definition) is 3. The summed E-state index contributed by atoms with van der Waals surface area (Å²) in [5.41, 5.74) is 0.993. The molecule has 1 heterocycles. The van der Waals surface area contributed by atoms with Gasteiger partial charge in [0.05, 0.1) is 7.11 Å². The van der Waals surface area contributed by atoms with Crippen LogP contribution < -0.4 is 10.1 Å². The van der Waals surface area contributed by atoms with Gasteiger partial charge in [0.25, 0.3) is 0 Å². The Morgan fingerprint density at radius 2 is 2.06 bits per heavy atom. The van der Waals surface area contributed by atoms with Gasteiger partial charge in [-0.3, -0.25) is 0 Å². The molecule has 2 rings (SSSR count). The third-order valence-electron chi connectivity index (χ3n) is 3.07. The highest BCUT2D eigenvalue weighted by Crippen LogP contribution is 2.40. The van der Waals surface area contributed by atoms with E-state index in [0.717, 1.165) is 36.0 Å². The van der Waals surface area contributed by atoms with Gasteiger partial charge in [0.15, 0.2) is 11.5 Å². The molecule has 1 aromatic carbocycles. The molecule has 0 amide bonds. The smallest absolute Gasteiger partial charge is 0.161 e. The van der Waals surface area contributed by atoms with Gasteiger partial charge >= 0.3 is 0 Å². The van der Waals surface area contributed by atoms with Gasteiger partial charge in [0, 0.05) is 10.0 Å². The summed E-state index contributed by atoms with van der Waals surface area (Å²) in [6.45, 7) is 2.03. The standard InChI is InChI=1S/C12H16BrNO2/c1-16-11-7-9(13)6-10(12(11)15)8-2-4-14-5-3-8/h6-8,14-15H,2-5H2,1H3. The summed E-state index contributed by atoms with van der Waals surface area (Å²) >= 11 is 3.45. The molecule has 1 aliphatic rings. The molecule has 0 atom stereocenters. The number of nitrogens with one attached hydrogen (secondary N) is 1. The van der Waals surface area contributed by atoms with Crippen LogP contribution in [0.3, 0.4) is 0 Å². The highest BCUT2D eigenvalue weighted by atomic mass is 79.9. The summed E-state index contributed by atoms with van der Waals surface area (Å²) in [5.74, 6) is 1.26. The maximum absolute atomic E-state index is 10.1. The van der Waals surface area contributed by atoms with Gasteiger partial charge in [-0.15, -0.1) is 0 Å². The topological polar surface area (TPSA) is 41.5 Å². The second-order valence-corrected chi connectivity index (χ2v) is 4.99. The number of phenols is 1. The van der Waals surface area contributed by atoms with E-state index in [1.54, 1.807) is 13.2 Å². The van der Waals surface area contributed by atoms with Gasteiger partial charge in [0.1, 0.15) is 0 Å². The van der Waals surface area contributed by atoms with E-state index in [1.807, 2.05) is 6.07 Å². The maximum atomic E-state index is 10.1. The van der Waals surface area contributed by atoms with Crippen molar-refractivity contribution in [2.24, 2.45) is 0 Å². The lowest BCUT2D eigenvalue weighted by Crippen LogP contribution is -2.26. The minimum absolute atomic E-state index is 0.289. The van der Waals surface area contributed by atoms with E-state index >= 15 is 0 Å². The second-order valence-electron chi connectivity index (χ2n) is 4.07. The van der Waals surface area contributed by atoms with Gasteiger partial charge in [-0.1, -0.05) is 15.9 Å². The van der Waals surface area contributed by atoms with Crippen molar-refractivity contribution in [3.63, 3.8) is 0 Å². The Bertz CT molecular complexity index is 376.